The van der Waals surface area contributed by atoms with Crippen molar-refractivity contribution >= 4 is 34.8 Å². The Morgan fingerprint density at radius 1 is 1.12 bits per heavy atom. The number of carbonyl (C=O) groups is 1. The molecule has 2 aromatic carbocycles. The minimum absolute atomic E-state index is 0.287. The summed E-state index contributed by atoms with van der Waals surface area (Å²) in [6, 6.07) is 12.5. The van der Waals surface area contributed by atoms with Crippen LogP contribution in [0, 0.1) is 0 Å². The van der Waals surface area contributed by atoms with Crippen LogP contribution in [0.5, 0.6) is 0 Å². The fraction of sp³-hybridized carbons (Fsp3) is 0.158. The van der Waals surface area contributed by atoms with E-state index in [1.165, 1.54) is 0 Å². The van der Waals surface area contributed by atoms with Gasteiger partial charge in [0, 0.05) is 23.7 Å². The van der Waals surface area contributed by atoms with E-state index in [9.17, 15) is 4.79 Å². The predicted molar refractivity (Wildman–Crippen MR) is 100 cm³/mol. The topological polar surface area (TPSA) is 46.9 Å². The van der Waals surface area contributed by atoms with E-state index in [-0.39, 0.29) is 5.91 Å². The van der Waals surface area contributed by atoms with Gasteiger partial charge in [0.15, 0.2) is 0 Å². The molecule has 0 bridgehead atoms. The number of aromatic nitrogens is 2. The Kier molecular flexibility index (Phi) is 4.24. The number of anilines is 1. The first-order valence-electron chi connectivity index (χ1n) is 8.03. The number of aryl methyl sites for hydroxylation is 1. The molecule has 1 aliphatic heterocycles. The third kappa shape index (κ3) is 3.15. The van der Waals surface area contributed by atoms with Crippen molar-refractivity contribution in [3.05, 3.63) is 70.1 Å². The maximum Gasteiger partial charge on any atom is 0.257 e. The number of hydrogen-bond donors (Lipinski definition) is 1. The quantitative estimate of drug-likeness (QED) is 0.699. The van der Waals surface area contributed by atoms with Gasteiger partial charge in [-0.1, -0.05) is 35.3 Å². The van der Waals surface area contributed by atoms with E-state index < -0.39 is 0 Å². The van der Waals surface area contributed by atoms with Crippen LogP contribution in [0.15, 0.2) is 48.7 Å². The van der Waals surface area contributed by atoms with Gasteiger partial charge in [-0.05, 0) is 42.3 Å². The van der Waals surface area contributed by atoms with Gasteiger partial charge >= 0.3 is 0 Å². The zero-order valence-corrected chi connectivity index (χ0v) is 14.8. The van der Waals surface area contributed by atoms with Crippen LogP contribution in [0.4, 0.5) is 5.69 Å². The van der Waals surface area contributed by atoms with Crippen molar-refractivity contribution in [1.82, 2.24) is 9.55 Å². The molecule has 0 spiro atoms. The first-order valence-corrected chi connectivity index (χ1v) is 8.78. The number of hydrogen-bond acceptors (Lipinski definition) is 2. The first kappa shape index (κ1) is 16.2. The molecule has 25 heavy (non-hydrogen) atoms. The maximum atomic E-state index is 12.4. The number of halogens is 2. The van der Waals surface area contributed by atoms with Gasteiger partial charge in [0.2, 0.25) is 0 Å². The van der Waals surface area contributed by atoms with E-state index in [0.717, 1.165) is 36.5 Å². The van der Waals surface area contributed by atoms with E-state index in [1.807, 2.05) is 30.5 Å². The normalized spacial score (nSPS) is 12.9. The zero-order valence-electron chi connectivity index (χ0n) is 13.3. The molecule has 1 amide bonds. The van der Waals surface area contributed by atoms with Crippen LogP contribution in [0.2, 0.25) is 10.0 Å². The number of benzene rings is 2. The second kappa shape index (κ2) is 6.54. The summed E-state index contributed by atoms with van der Waals surface area (Å²) in [5.74, 6) is 0.855. The molecule has 0 radical (unpaired) electrons. The molecule has 1 N–H and O–H groups in total. The van der Waals surface area contributed by atoms with Gasteiger partial charge in [-0.3, -0.25) is 4.79 Å². The van der Waals surface area contributed by atoms with E-state index in [4.69, 9.17) is 23.2 Å². The van der Waals surface area contributed by atoms with Crippen LogP contribution in [-0.4, -0.2) is 15.5 Å². The highest BCUT2D eigenvalue weighted by molar-refractivity contribution is 6.36. The lowest BCUT2D eigenvalue weighted by Crippen LogP contribution is -2.12. The van der Waals surface area contributed by atoms with Crippen molar-refractivity contribution in [1.29, 1.82) is 0 Å². The van der Waals surface area contributed by atoms with Gasteiger partial charge in [-0.2, -0.15) is 0 Å². The van der Waals surface area contributed by atoms with Crippen molar-refractivity contribution in [3.8, 4) is 11.3 Å². The second-order valence-electron chi connectivity index (χ2n) is 5.97. The molecule has 0 atom stereocenters. The maximum absolute atomic E-state index is 12.4. The largest absolute Gasteiger partial charge is 0.328 e. The smallest absolute Gasteiger partial charge is 0.257 e. The number of fused-ring (bicyclic) bond motifs is 1. The van der Waals surface area contributed by atoms with Gasteiger partial charge in [-0.15, -0.1) is 0 Å². The molecular weight excluding hydrogens is 357 g/mol. The van der Waals surface area contributed by atoms with Gasteiger partial charge < -0.3 is 9.88 Å². The first-order chi connectivity index (χ1) is 12.1. The van der Waals surface area contributed by atoms with Crippen LogP contribution < -0.4 is 5.32 Å². The summed E-state index contributed by atoms with van der Waals surface area (Å²) in [5, 5.41) is 3.69. The lowest BCUT2D eigenvalue weighted by molar-refractivity contribution is 0.102. The molecule has 0 aliphatic carbocycles. The van der Waals surface area contributed by atoms with Crippen LogP contribution in [-0.2, 0) is 13.0 Å². The van der Waals surface area contributed by atoms with E-state index in [1.54, 1.807) is 18.2 Å². The van der Waals surface area contributed by atoms with Gasteiger partial charge in [0.25, 0.3) is 5.91 Å². The highest BCUT2D eigenvalue weighted by Gasteiger charge is 2.16. The second-order valence-corrected chi connectivity index (χ2v) is 6.81. The van der Waals surface area contributed by atoms with E-state index >= 15 is 0 Å². The molecule has 0 unspecified atom stereocenters. The fourth-order valence-corrected chi connectivity index (χ4v) is 3.46. The van der Waals surface area contributed by atoms with Crippen molar-refractivity contribution < 1.29 is 4.79 Å². The highest BCUT2D eigenvalue weighted by atomic mass is 35.5. The van der Waals surface area contributed by atoms with Crippen LogP contribution in [0.1, 0.15) is 22.6 Å². The Morgan fingerprint density at radius 3 is 2.72 bits per heavy atom. The minimum Gasteiger partial charge on any atom is -0.328 e. The number of rotatable bonds is 3. The Hall–Kier alpha value is -2.30. The summed E-state index contributed by atoms with van der Waals surface area (Å²) < 4.78 is 2.25. The molecule has 1 aromatic heterocycles. The van der Waals surface area contributed by atoms with Crippen molar-refractivity contribution in [2.75, 3.05) is 5.32 Å². The van der Waals surface area contributed by atoms with Gasteiger partial charge in [0.1, 0.15) is 5.82 Å². The molecule has 4 nitrogen and oxygen atoms in total. The minimum atomic E-state index is -0.287. The number of carbonyl (C=O) groups excluding carboxylic acids is 1. The summed E-state index contributed by atoms with van der Waals surface area (Å²) >= 11 is 12.0. The van der Waals surface area contributed by atoms with Crippen molar-refractivity contribution in [3.63, 3.8) is 0 Å². The van der Waals surface area contributed by atoms with Crippen molar-refractivity contribution in [2.24, 2.45) is 0 Å². The lowest BCUT2D eigenvalue weighted by atomic mass is 10.1. The molecule has 0 saturated carbocycles. The van der Waals surface area contributed by atoms with Gasteiger partial charge in [-0.25, -0.2) is 4.98 Å². The Bertz CT molecular complexity index is 948. The average molecular weight is 372 g/mol. The summed E-state index contributed by atoms with van der Waals surface area (Å²) in [5.41, 5.74) is 3.25. The Labute approximate surface area is 155 Å². The van der Waals surface area contributed by atoms with Crippen LogP contribution in [0.3, 0.4) is 0 Å². The molecule has 2 heterocycles. The summed E-state index contributed by atoms with van der Waals surface area (Å²) in [6.07, 6.45) is 4.09. The summed E-state index contributed by atoms with van der Waals surface area (Å²) in [6.45, 7) is 1.01. The fourth-order valence-electron chi connectivity index (χ4n) is 3.08. The standard InChI is InChI=1S/C19H15Cl2N3O/c20-13-5-8-16(21)15(10-13)19(25)23-14-6-3-12(4-7-14)17-11-22-18-2-1-9-24(17)18/h3-8,10-11H,1-2,9H2,(H,23,25). The van der Waals surface area contributed by atoms with E-state index in [2.05, 4.69) is 14.9 Å². The molecule has 126 valence electrons. The molecule has 6 heteroatoms. The number of amides is 1. The van der Waals surface area contributed by atoms with Crippen LogP contribution in [0.25, 0.3) is 11.3 Å². The number of nitrogens with one attached hydrogen (secondary N) is 1. The van der Waals surface area contributed by atoms with E-state index in [0.29, 0.717) is 21.3 Å². The Morgan fingerprint density at radius 2 is 1.92 bits per heavy atom. The third-order valence-corrected chi connectivity index (χ3v) is 4.90. The monoisotopic (exact) mass is 371 g/mol. The number of nitrogens with zero attached hydrogens (tertiary/aromatic N) is 2. The summed E-state index contributed by atoms with van der Waals surface area (Å²) in [7, 11) is 0. The molecule has 0 fully saturated rings. The number of imidazole rings is 1. The molecule has 1 aliphatic rings. The highest BCUT2D eigenvalue weighted by Crippen LogP contribution is 2.27. The average Bonchev–Trinajstić information content (AvgIpc) is 3.21. The third-order valence-electron chi connectivity index (χ3n) is 4.33. The molecule has 3 aromatic rings. The van der Waals surface area contributed by atoms with Gasteiger partial charge in [0.05, 0.1) is 22.5 Å². The summed E-state index contributed by atoms with van der Waals surface area (Å²) in [4.78, 5) is 16.9. The lowest BCUT2D eigenvalue weighted by Gasteiger charge is -2.09. The van der Waals surface area contributed by atoms with Crippen LogP contribution >= 0.6 is 23.2 Å². The zero-order chi connectivity index (χ0) is 17.4. The predicted octanol–water partition coefficient (Wildman–Crippen LogP) is 5.06. The molecular formula is C19H15Cl2N3O. The Balaban J connectivity index is 1.54. The van der Waals surface area contributed by atoms with Crippen molar-refractivity contribution in [2.45, 2.75) is 19.4 Å². The molecule has 0 saturated heterocycles. The molecule has 4 rings (SSSR count). The SMILES string of the molecule is O=C(Nc1ccc(-c2cnc3n2CCC3)cc1)c1cc(Cl)ccc1Cl.